The Kier molecular flexibility index (Phi) is 4.48. The summed E-state index contributed by atoms with van der Waals surface area (Å²) in [5.41, 5.74) is -0.257. The molecular weight excluding hydrogens is 242 g/mol. The third kappa shape index (κ3) is 3.48. The van der Waals surface area contributed by atoms with Gasteiger partial charge in [-0.05, 0) is 30.6 Å². The van der Waals surface area contributed by atoms with Crippen LogP contribution in [0.2, 0.25) is 0 Å². The van der Waals surface area contributed by atoms with E-state index in [1.54, 1.807) is 0 Å². The summed E-state index contributed by atoms with van der Waals surface area (Å²) in [5, 5.41) is 9.07. The fourth-order valence-electron chi connectivity index (χ4n) is 3.69. The Morgan fingerprint density at radius 1 is 1.26 bits per heavy atom. The van der Waals surface area contributed by atoms with E-state index in [1.807, 2.05) is 4.90 Å². The first kappa shape index (κ1) is 14.4. The minimum Gasteiger partial charge on any atom is -0.481 e. The van der Waals surface area contributed by atoms with E-state index in [9.17, 15) is 9.59 Å². The number of carboxylic acids is 1. The zero-order valence-electron chi connectivity index (χ0n) is 11.9. The van der Waals surface area contributed by atoms with Gasteiger partial charge in [0.1, 0.15) is 0 Å². The number of carbonyl (C=O) groups is 2. The molecule has 0 aromatic carbocycles. The number of carbonyl (C=O) groups excluding carboxylic acids is 1. The normalized spacial score (nSPS) is 25.7. The van der Waals surface area contributed by atoms with Crippen LogP contribution in [0.3, 0.4) is 0 Å². The van der Waals surface area contributed by atoms with E-state index in [2.05, 4.69) is 6.92 Å². The van der Waals surface area contributed by atoms with E-state index in [1.165, 1.54) is 0 Å². The van der Waals surface area contributed by atoms with Crippen molar-refractivity contribution in [2.75, 3.05) is 13.1 Å². The number of carboxylic acid groups (broad SMARTS) is 1. The van der Waals surface area contributed by atoms with Crippen molar-refractivity contribution >= 4 is 11.9 Å². The summed E-state index contributed by atoms with van der Waals surface area (Å²) in [5.74, 6) is 0.0598. The Balaban J connectivity index is 1.94. The molecule has 2 aliphatic rings. The summed E-state index contributed by atoms with van der Waals surface area (Å²) in [6.07, 6.45) is 6.76. The molecule has 2 fully saturated rings. The van der Waals surface area contributed by atoms with Gasteiger partial charge in [-0.25, -0.2) is 0 Å². The van der Waals surface area contributed by atoms with Gasteiger partial charge in [0.25, 0.3) is 0 Å². The van der Waals surface area contributed by atoms with Gasteiger partial charge in [-0.15, -0.1) is 0 Å². The van der Waals surface area contributed by atoms with Crippen LogP contribution in [0.4, 0.5) is 0 Å². The number of nitrogens with zero attached hydrogens (tertiary/aromatic N) is 1. The molecule has 1 saturated heterocycles. The van der Waals surface area contributed by atoms with E-state index < -0.39 is 5.97 Å². The minimum atomic E-state index is -0.762. The molecule has 4 nitrogen and oxygen atoms in total. The molecule has 1 unspecified atom stereocenters. The molecule has 0 aromatic rings. The quantitative estimate of drug-likeness (QED) is 0.833. The lowest BCUT2D eigenvalue weighted by Gasteiger charge is -2.29. The van der Waals surface area contributed by atoms with Crippen molar-refractivity contribution < 1.29 is 14.7 Å². The predicted molar refractivity (Wildman–Crippen MR) is 72.7 cm³/mol. The van der Waals surface area contributed by atoms with E-state index in [4.69, 9.17) is 5.11 Å². The Morgan fingerprint density at radius 3 is 2.47 bits per heavy atom. The average Bonchev–Trinajstić information content (AvgIpc) is 2.97. The van der Waals surface area contributed by atoms with Crippen LogP contribution in [0.15, 0.2) is 0 Å². The molecule has 1 aliphatic heterocycles. The maximum absolute atomic E-state index is 12.4. The van der Waals surface area contributed by atoms with E-state index in [0.29, 0.717) is 12.3 Å². The molecule has 0 radical (unpaired) electrons. The summed E-state index contributed by atoms with van der Waals surface area (Å²) >= 11 is 0. The van der Waals surface area contributed by atoms with Crippen LogP contribution in [0.5, 0.6) is 0 Å². The Labute approximate surface area is 115 Å². The fourth-order valence-corrected chi connectivity index (χ4v) is 3.69. The van der Waals surface area contributed by atoms with Gasteiger partial charge in [0.15, 0.2) is 0 Å². The molecule has 0 bridgehead atoms. The highest BCUT2D eigenvalue weighted by atomic mass is 16.4. The lowest BCUT2D eigenvalue weighted by Crippen LogP contribution is -2.34. The zero-order valence-corrected chi connectivity index (χ0v) is 11.9. The molecule has 1 atom stereocenters. The van der Waals surface area contributed by atoms with Crippen LogP contribution in [0.25, 0.3) is 0 Å². The standard InChI is InChI=1S/C15H25NO3/c1-2-12-5-8-16(11-12)13(17)9-15(10-14(18)19)6-3-4-7-15/h12H,2-11H2,1H3,(H,18,19). The number of amides is 1. The molecule has 1 N–H and O–H groups in total. The first-order valence-electron chi connectivity index (χ1n) is 7.54. The summed E-state index contributed by atoms with van der Waals surface area (Å²) in [7, 11) is 0. The van der Waals surface area contributed by atoms with E-state index >= 15 is 0 Å². The largest absolute Gasteiger partial charge is 0.481 e. The van der Waals surface area contributed by atoms with Crippen LogP contribution >= 0.6 is 0 Å². The smallest absolute Gasteiger partial charge is 0.303 e. The highest BCUT2D eigenvalue weighted by Crippen LogP contribution is 2.44. The molecule has 1 aliphatic carbocycles. The molecule has 19 heavy (non-hydrogen) atoms. The highest BCUT2D eigenvalue weighted by Gasteiger charge is 2.39. The third-order valence-corrected chi connectivity index (χ3v) is 4.93. The van der Waals surface area contributed by atoms with Crippen molar-refractivity contribution in [1.82, 2.24) is 4.90 Å². The van der Waals surface area contributed by atoms with Gasteiger partial charge in [0.05, 0.1) is 6.42 Å². The van der Waals surface area contributed by atoms with Crippen LogP contribution in [0, 0.1) is 11.3 Å². The Bertz CT molecular complexity index is 347. The lowest BCUT2D eigenvalue weighted by molar-refractivity contribution is -0.141. The fraction of sp³-hybridized carbons (Fsp3) is 0.867. The lowest BCUT2D eigenvalue weighted by atomic mass is 9.79. The first-order valence-corrected chi connectivity index (χ1v) is 7.54. The first-order chi connectivity index (χ1) is 9.04. The molecule has 1 saturated carbocycles. The van der Waals surface area contributed by atoms with Gasteiger partial charge in [-0.2, -0.15) is 0 Å². The van der Waals surface area contributed by atoms with Crippen LogP contribution in [-0.2, 0) is 9.59 Å². The van der Waals surface area contributed by atoms with Crippen molar-refractivity contribution in [3.8, 4) is 0 Å². The van der Waals surface area contributed by atoms with Gasteiger partial charge in [-0.3, -0.25) is 9.59 Å². The van der Waals surface area contributed by atoms with Gasteiger partial charge in [0.2, 0.25) is 5.91 Å². The molecule has 2 rings (SSSR count). The number of rotatable bonds is 5. The second-order valence-electron chi connectivity index (χ2n) is 6.36. The molecule has 0 aromatic heterocycles. The van der Waals surface area contributed by atoms with Gasteiger partial charge < -0.3 is 10.0 Å². The van der Waals surface area contributed by atoms with Gasteiger partial charge in [-0.1, -0.05) is 26.2 Å². The van der Waals surface area contributed by atoms with Crippen molar-refractivity contribution in [1.29, 1.82) is 0 Å². The van der Waals surface area contributed by atoms with Gasteiger partial charge >= 0.3 is 5.97 Å². The van der Waals surface area contributed by atoms with Crippen molar-refractivity contribution in [2.24, 2.45) is 11.3 Å². The maximum Gasteiger partial charge on any atom is 0.303 e. The number of aliphatic carboxylic acids is 1. The second-order valence-corrected chi connectivity index (χ2v) is 6.36. The zero-order chi connectivity index (χ0) is 13.9. The van der Waals surface area contributed by atoms with E-state index in [-0.39, 0.29) is 17.7 Å². The predicted octanol–water partition coefficient (Wildman–Crippen LogP) is 2.67. The monoisotopic (exact) mass is 267 g/mol. The molecule has 4 heteroatoms. The van der Waals surface area contributed by atoms with E-state index in [0.717, 1.165) is 51.6 Å². The molecule has 0 spiro atoms. The van der Waals surface area contributed by atoms with Crippen LogP contribution in [-0.4, -0.2) is 35.0 Å². The summed E-state index contributed by atoms with van der Waals surface area (Å²) in [6, 6.07) is 0. The summed E-state index contributed by atoms with van der Waals surface area (Å²) in [6.45, 7) is 3.90. The Morgan fingerprint density at radius 2 is 1.95 bits per heavy atom. The van der Waals surface area contributed by atoms with Crippen molar-refractivity contribution in [2.45, 2.75) is 58.3 Å². The van der Waals surface area contributed by atoms with Crippen LogP contribution < -0.4 is 0 Å². The number of likely N-dealkylation sites (tertiary alicyclic amines) is 1. The summed E-state index contributed by atoms with van der Waals surface area (Å²) < 4.78 is 0. The topological polar surface area (TPSA) is 57.6 Å². The molecule has 1 heterocycles. The SMILES string of the molecule is CCC1CCN(C(=O)CC2(CC(=O)O)CCCC2)C1. The van der Waals surface area contributed by atoms with Gasteiger partial charge in [0, 0.05) is 19.5 Å². The maximum atomic E-state index is 12.4. The highest BCUT2D eigenvalue weighted by molar-refractivity contribution is 5.78. The molecule has 1 amide bonds. The Hall–Kier alpha value is -1.06. The molecule has 108 valence electrons. The average molecular weight is 267 g/mol. The number of hydrogen-bond donors (Lipinski definition) is 1. The molecular formula is C15H25NO3. The summed E-state index contributed by atoms with van der Waals surface area (Å²) in [4.78, 5) is 25.4. The number of hydrogen-bond acceptors (Lipinski definition) is 2. The third-order valence-electron chi connectivity index (χ3n) is 4.93. The van der Waals surface area contributed by atoms with Crippen molar-refractivity contribution in [3.63, 3.8) is 0 Å². The minimum absolute atomic E-state index is 0.157. The van der Waals surface area contributed by atoms with Crippen LogP contribution in [0.1, 0.15) is 58.3 Å². The van der Waals surface area contributed by atoms with Crippen molar-refractivity contribution in [3.05, 3.63) is 0 Å². The second kappa shape index (κ2) is 5.93.